The van der Waals surface area contributed by atoms with E-state index in [0.717, 1.165) is 31.2 Å². The van der Waals surface area contributed by atoms with Gasteiger partial charge in [0.2, 0.25) is 0 Å². The molecule has 0 aromatic heterocycles. The number of rotatable bonds is 1. The number of allylic oxidation sites excluding steroid dienone is 1. The van der Waals surface area contributed by atoms with Gasteiger partial charge in [0, 0.05) is 38.3 Å². The van der Waals surface area contributed by atoms with Gasteiger partial charge in [0.15, 0.2) is 0 Å². The summed E-state index contributed by atoms with van der Waals surface area (Å²) in [5.41, 5.74) is 1.43. The minimum absolute atomic E-state index is 0.714. The molecule has 0 saturated carbocycles. The van der Waals surface area contributed by atoms with Crippen LogP contribution in [0.25, 0.3) is 0 Å². The zero-order valence-corrected chi connectivity index (χ0v) is 10.3. The second-order valence-corrected chi connectivity index (χ2v) is 5.82. The van der Waals surface area contributed by atoms with Crippen molar-refractivity contribution in [2.75, 3.05) is 32.8 Å². The number of hydrogen-bond acceptors (Lipinski definition) is 3. The van der Waals surface area contributed by atoms with E-state index in [1.165, 1.54) is 38.0 Å². The van der Waals surface area contributed by atoms with Crippen molar-refractivity contribution in [2.24, 2.45) is 5.92 Å². The molecule has 4 aliphatic rings. The van der Waals surface area contributed by atoms with Gasteiger partial charge in [-0.15, -0.1) is 0 Å². The number of nitrogens with zero attached hydrogens (tertiary/aromatic N) is 2. The summed E-state index contributed by atoms with van der Waals surface area (Å²) < 4.78 is 5.68. The summed E-state index contributed by atoms with van der Waals surface area (Å²) in [5, 5.41) is 0. The molecule has 0 spiro atoms. The Morgan fingerprint density at radius 3 is 3.24 bits per heavy atom. The number of piperidine rings is 1. The molecule has 17 heavy (non-hydrogen) atoms. The van der Waals surface area contributed by atoms with Crippen molar-refractivity contribution in [3.8, 4) is 0 Å². The molecule has 4 aliphatic heterocycles. The predicted molar refractivity (Wildman–Crippen MR) is 66.4 cm³/mol. The molecule has 0 aromatic rings. The Bertz CT molecular complexity index is 376. The van der Waals surface area contributed by atoms with E-state index in [-0.39, 0.29) is 0 Å². The van der Waals surface area contributed by atoms with Gasteiger partial charge in [-0.1, -0.05) is 6.08 Å². The molecule has 3 heteroatoms. The van der Waals surface area contributed by atoms with E-state index in [1.807, 2.05) is 0 Å². The maximum Gasteiger partial charge on any atom is 0.138 e. The van der Waals surface area contributed by atoms with Gasteiger partial charge in [0.05, 0.1) is 6.61 Å². The first kappa shape index (κ1) is 10.0. The van der Waals surface area contributed by atoms with Crippen molar-refractivity contribution in [3.05, 3.63) is 23.6 Å². The lowest BCUT2D eigenvalue weighted by molar-refractivity contribution is 0.145. The van der Waals surface area contributed by atoms with Gasteiger partial charge in [-0.25, -0.2) is 0 Å². The second-order valence-electron chi connectivity index (χ2n) is 5.82. The fourth-order valence-corrected chi connectivity index (χ4v) is 3.75. The summed E-state index contributed by atoms with van der Waals surface area (Å²) in [7, 11) is 0. The molecular formula is C14H20N2O. The lowest BCUT2D eigenvalue weighted by Gasteiger charge is -2.38. The third-order valence-electron chi connectivity index (χ3n) is 4.69. The van der Waals surface area contributed by atoms with E-state index in [4.69, 9.17) is 4.74 Å². The zero-order chi connectivity index (χ0) is 11.2. The Morgan fingerprint density at radius 1 is 1.29 bits per heavy atom. The first-order valence-electron chi connectivity index (χ1n) is 6.90. The quantitative estimate of drug-likeness (QED) is 0.683. The predicted octanol–water partition coefficient (Wildman–Crippen LogP) is 1.58. The maximum atomic E-state index is 5.68. The van der Waals surface area contributed by atoms with Gasteiger partial charge in [0.25, 0.3) is 0 Å². The second kappa shape index (κ2) is 3.77. The molecule has 0 radical (unpaired) electrons. The summed E-state index contributed by atoms with van der Waals surface area (Å²) >= 11 is 0. The molecule has 0 N–H and O–H groups in total. The van der Waals surface area contributed by atoms with Crippen molar-refractivity contribution in [2.45, 2.75) is 25.3 Å². The third kappa shape index (κ3) is 1.68. The van der Waals surface area contributed by atoms with Crippen LogP contribution >= 0.6 is 0 Å². The van der Waals surface area contributed by atoms with Gasteiger partial charge in [-0.05, 0) is 30.9 Å². The minimum Gasteiger partial charge on any atom is -0.491 e. The molecule has 4 rings (SSSR count). The van der Waals surface area contributed by atoms with E-state index in [0.29, 0.717) is 6.04 Å². The van der Waals surface area contributed by atoms with Crippen molar-refractivity contribution < 1.29 is 4.74 Å². The average molecular weight is 232 g/mol. The van der Waals surface area contributed by atoms with Crippen LogP contribution in [0.4, 0.5) is 0 Å². The van der Waals surface area contributed by atoms with Crippen LogP contribution in [-0.2, 0) is 4.74 Å². The van der Waals surface area contributed by atoms with Crippen molar-refractivity contribution >= 4 is 0 Å². The molecule has 2 bridgehead atoms. The smallest absolute Gasteiger partial charge is 0.138 e. The van der Waals surface area contributed by atoms with Crippen LogP contribution in [0.3, 0.4) is 0 Å². The highest BCUT2D eigenvalue weighted by Gasteiger charge is 2.35. The molecule has 92 valence electrons. The molecule has 0 amide bonds. The van der Waals surface area contributed by atoms with Gasteiger partial charge < -0.3 is 14.5 Å². The van der Waals surface area contributed by atoms with Gasteiger partial charge in [-0.2, -0.15) is 0 Å². The van der Waals surface area contributed by atoms with Gasteiger partial charge >= 0.3 is 0 Å². The van der Waals surface area contributed by atoms with Crippen LogP contribution in [0.2, 0.25) is 0 Å². The van der Waals surface area contributed by atoms with Crippen molar-refractivity contribution in [1.29, 1.82) is 0 Å². The molecule has 0 aromatic carbocycles. The summed E-state index contributed by atoms with van der Waals surface area (Å²) in [6.07, 6.45) is 8.55. The lowest BCUT2D eigenvalue weighted by Crippen LogP contribution is -2.45. The van der Waals surface area contributed by atoms with E-state index >= 15 is 0 Å². The van der Waals surface area contributed by atoms with Crippen LogP contribution in [0.5, 0.6) is 0 Å². The molecule has 4 heterocycles. The lowest BCUT2D eigenvalue weighted by atomic mass is 9.95. The largest absolute Gasteiger partial charge is 0.491 e. The normalized spacial score (nSPS) is 39.5. The Morgan fingerprint density at radius 2 is 2.29 bits per heavy atom. The number of ether oxygens (including phenoxy) is 1. The average Bonchev–Trinajstić information content (AvgIpc) is 2.94. The molecule has 3 nitrogen and oxygen atoms in total. The molecule has 3 fully saturated rings. The highest BCUT2D eigenvalue weighted by atomic mass is 16.5. The SMILES string of the molecule is C1=C2CCOC2=CN([C@@H]2C[C@H]3CCN(C3)C2)C1. The van der Waals surface area contributed by atoms with Gasteiger partial charge in [-0.3, -0.25) is 0 Å². The fourth-order valence-electron chi connectivity index (χ4n) is 3.75. The van der Waals surface area contributed by atoms with Crippen LogP contribution in [0.15, 0.2) is 23.6 Å². The number of fused-ring (bicyclic) bond motifs is 3. The van der Waals surface area contributed by atoms with Crippen molar-refractivity contribution in [3.63, 3.8) is 0 Å². The maximum absolute atomic E-state index is 5.68. The summed E-state index contributed by atoms with van der Waals surface area (Å²) in [5.74, 6) is 2.09. The zero-order valence-electron chi connectivity index (χ0n) is 10.3. The summed E-state index contributed by atoms with van der Waals surface area (Å²) in [6.45, 7) is 5.89. The highest BCUT2D eigenvalue weighted by molar-refractivity contribution is 5.32. The molecule has 0 aliphatic carbocycles. The first-order chi connectivity index (χ1) is 8.38. The third-order valence-corrected chi connectivity index (χ3v) is 4.69. The van der Waals surface area contributed by atoms with Crippen LogP contribution in [-0.4, -0.2) is 48.6 Å². The van der Waals surface area contributed by atoms with Crippen molar-refractivity contribution in [1.82, 2.24) is 9.80 Å². The van der Waals surface area contributed by atoms with Crippen LogP contribution in [0.1, 0.15) is 19.3 Å². The molecular weight excluding hydrogens is 212 g/mol. The Hall–Kier alpha value is -0.960. The fraction of sp³-hybridized carbons (Fsp3) is 0.714. The standard InChI is InChI=1S/C14H20N2O/c1-4-15-8-11(1)7-13(9-15)16-5-2-12-3-6-17-14(12)10-16/h2,10-11,13H,1,3-9H2/t11-,13-/m1/s1. The first-order valence-corrected chi connectivity index (χ1v) is 6.90. The van der Waals surface area contributed by atoms with E-state index < -0.39 is 0 Å². The van der Waals surface area contributed by atoms with E-state index in [9.17, 15) is 0 Å². The Labute approximate surface area is 103 Å². The Kier molecular flexibility index (Phi) is 2.22. The Balaban J connectivity index is 1.51. The van der Waals surface area contributed by atoms with Crippen LogP contribution < -0.4 is 0 Å². The molecule has 3 atom stereocenters. The molecule has 1 unspecified atom stereocenters. The topological polar surface area (TPSA) is 15.7 Å². The summed E-state index contributed by atoms with van der Waals surface area (Å²) in [4.78, 5) is 5.14. The minimum atomic E-state index is 0.714. The summed E-state index contributed by atoms with van der Waals surface area (Å²) in [6, 6.07) is 0.714. The van der Waals surface area contributed by atoms with Gasteiger partial charge in [0.1, 0.15) is 5.76 Å². The monoisotopic (exact) mass is 232 g/mol. The highest BCUT2D eigenvalue weighted by Crippen LogP contribution is 2.33. The van der Waals surface area contributed by atoms with E-state index in [2.05, 4.69) is 22.1 Å². The van der Waals surface area contributed by atoms with E-state index in [1.54, 1.807) is 0 Å². The molecule has 3 saturated heterocycles. The number of hydrogen-bond donors (Lipinski definition) is 0. The van der Waals surface area contributed by atoms with Crippen LogP contribution in [0, 0.1) is 5.92 Å².